The van der Waals surface area contributed by atoms with Crippen LogP contribution in [0.3, 0.4) is 0 Å². The third-order valence-electron chi connectivity index (χ3n) is 5.08. The molecule has 1 amide bonds. The van der Waals surface area contributed by atoms with E-state index in [9.17, 15) is 9.90 Å². The zero-order valence-electron chi connectivity index (χ0n) is 18.8. The van der Waals surface area contributed by atoms with Gasteiger partial charge in [-0.05, 0) is 42.0 Å². The Kier molecular flexibility index (Phi) is 10.2. The Hall–Kier alpha value is -3.41. The van der Waals surface area contributed by atoms with Gasteiger partial charge in [-0.25, -0.2) is 4.79 Å². The van der Waals surface area contributed by atoms with Crippen molar-refractivity contribution in [1.29, 1.82) is 0 Å². The molecule has 33 heavy (non-hydrogen) atoms. The molecule has 3 rings (SSSR count). The number of rotatable bonds is 13. The Morgan fingerprint density at radius 2 is 1.55 bits per heavy atom. The lowest BCUT2D eigenvalue weighted by Crippen LogP contribution is -2.08. The highest BCUT2D eigenvalue weighted by atomic mass is 16.5. The third kappa shape index (κ3) is 8.93. The van der Waals surface area contributed by atoms with Gasteiger partial charge in [0.15, 0.2) is 0 Å². The van der Waals surface area contributed by atoms with Gasteiger partial charge in [-0.15, -0.1) is 0 Å². The van der Waals surface area contributed by atoms with Crippen molar-refractivity contribution in [3.63, 3.8) is 0 Å². The molecule has 0 atom stereocenters. The molecule has 2 N–H and O–H groups in total. The third-order valence-corrected chi connectivity index (χ3v) is 5.08. The van der Waals surface area contributed by atoms with Crippen LogP contribution in [0.1, 0.15) is 30.4 Å². The minimum absolute atomic E-state index is 0.520. The second kappa shape index (κ2) is 13.9. The highest BCUT2D eigenvalue weighted by molar-refractivity contribution is 5.91. The lowest BCUT2D eigenvalue weighted by molar-refractivity contribution is 0.111. The summed E-state index contributed by atoms with van der Waals surface area (Å²) in [5, 5.41) is 11.7. The molecule has 3 aromatic rings. The highest BCUT2D eigenvalue weighted by Crippen LogP contribution is 2.29. The molecule has 172 valence electrons. The molecule has 5 nitrogen and oxygen atoms in total. The van der Waals surface area contributed by atoms with Gasteiger partial charge >= 0.3 is 6.09 Å². The lowest BCUT2D eigenvalue weighted by atomic mass is 10.0. The molecule has 0 saturated heterocycles. The maximum atomic E-state index is 11.2. The van der Waals surface area contributed by atoms with Gasteiger partial charge in [-0.2, -0.15) is 0 Å². The number of hydrogen-bond donors (Lipinski definition) is 2. The van der Waals surface area contributed by atoms with Gasteiger partial charge in [0, 0.05) is 18.8 Å². The van der Waals surface area contributed by atoms with Crippen molar-refractivity contribution >= 4 is 17.9 Å². The number of unbranched alkanes of at least 4 members (excludes halogenated alkanes) is 2. The summed E-state index contributed by atoms with van der Waals surface area (Å²) in [6.07, 6.45) is 5.91. The Morgan fingerprint density at radius 3 is 2.27 bits per heavy atom. The van der Waals surface area contributed by atoms with Crippen molar-refractivity contribution in [3.05, 3.63) is 96.1 Å². The van der Waals surface area contributed by atoms with Crippen LogP contribution in [0.5, 0.6) is 0 Å². The Labute approximate surface area is 195 Å². The number of nitrogens with one attached hydrogen (secondary N) is 1. The summed E-state index contributed by atoms with van der Waals surface area (Å²) in [6.45, 7) is 2.66. The number of anilines is 1. The molecular formula is C28H31NO4. The van der Waals surface area contributed by atoms with Crippen LogP contribution in [-0.4, -0.2) is 31.0 Å². The molecule has 3 aromatic carbocycles. The van der Waals surface area contributed by atoms with Crippen LogP contribution in [0, 0.1) is 0 Å². The number of ether oxygens (including phenoxy) is 2. The van der Waals surface area contributed by atoms with E-state index in [1.54, 1.807) is 0 Å². The summed E-state index contributed by atoms with van der Waals surface area (Å²) in [5.74, 6) is 0. The van der Waals surface area contributed by atoms with Gasteiger partial charge in [0.2, 0.25) is 0 Å². The number of benzene rings is 3. The predicted octanol–water partition coefficient (Wildman–Crippen LogP) is 6.86. The number of carbonyl (C=O) groups is 1. The first-order valence-electron chi connectivity index (χ1n) is 11.3. The van der Waals surface area contributed by atoms with Crippen molar-refractivity contribution in [3.8, 4) is 11.1 Å². The molecule has 5 heteroatoms. The molecule has 0 saturated carbocycles. The second-order valence-corrected chi connectivity index (χ2v) is 7.68. The van der Waals surface area contributed by atoms with Crippen LogP contribution in [0.4, 0.5) is 10.5 Å². The maximum absolute atomic E-state index is 11.2. The fraction of sp³-hybridized carbons (Fsp3) is 0.250. The average molecular weight is 446 g/mol. The van der Waals surface area contributed by atoms with E-state index in [-0.39, 0.29) is 0 Å². The first-order valence-corrected chi connectivity index (χ1v) is 11.3. The monoisotopic (exact) mass is 445 g/mol. The molecule has 0 aliphatic heterocycles. The molecule has 0 aliphatic carbocycles. The van der Waals surface area contributed by atoms with Gasteiger partial charge in [-0.3, -0.25) is 5.32 Å². The van der Waals surface area contributed by atoms with E-state index in [1.165, 1.54) is 5.56 Å². The van der Waals surface area contributed by atoms with Crippen LogP contribution >= 0.6 is 0 Å². The van der Waals surface area contributed by atoms with Crippen molar-refractivity contribution < 1.29 is 19.4 Å². The maximum Gasteiger partial charge on any atom is 0.409 e. The van der Waals surface area contributed by atoms with Gasteiger partial charge in [0.1, 0.15) is 0 Å². The van der Waals surface area contributed by atoms with Crippen LogP contribution in [0.2, 0.25) is 0 Å². The van der Waals surface area contributed by atoms with Gasteiger partial charge in [0.25, 0.3) is 0 Å². The van der Waals surface area contributed by atoms with Gasteiger partial charge in [-0.1, -0.05) is 84.9 Å². The normalized spacial score (nSPS) is 11.0. The molecule has 0 heterocycles. The molecule has 0 aliphatic rings. The average Bonchev–Trinajstić information content (AvgIpc) is 2.83. The lowest BCUT2D eigenvalue weighted by Gasteiger charge is -2.10. The fourth-order valence-electron chi connectivity index (χ4n) is 3.44. The van der Waals surface area contributed by atoms with Crippen LogP contribution < -0.4 is 5.32 Å². The first kappa shape index (κ1) is 24.2. The van der Waals surface area contributed by atoms with E-state index in [1.807, 2.05) is 78.9 Å². The summed E-state index contributed by atoms with van der Waals surface area (Å²) >= 11 is 0. The van der Waals surface area contributed by atoms with Crippen molar-refractivity contribution in [1.82, 2.24) is 0 Å². The van der Waals surface area contributed by atoms with Gasteiger partial charge in [0.05, 0.1) is 18.9 Å². The minimum Gasteiger partial charge on any atom is -0.465 e. The van der Waals surface area contributed by atoms with Crippen LogP contribution in [0.15, 0.2) is 84.9 Å². The first-order chi connectivity index (χ1) is 16.2. The zero-order valence-corrected chi connectivity index (χ0v) is 18.8. The van der Waals surface area contributed by atoms with Crippen molar-refractivity contribution in [2.24, 2.45) is 0 Å². The summed E-state index contributed by atoms with van der Waals surface area (Å²) < 4.78 is 11.4. The smallest absolute Gasteiger partial charge is 0.409 e. The SMILES string of the molecule is O=C(O)Nc1cc(C=CCOCCCCCOCc2ccccc2)ccc1-c1ccccc1. The van der Waals surface area contributed by atoms with E-state index < -0.39 is 6.09 Å². The Morgan fingerprint density at radius 1 is 0.848 bits per heavy atom. The molecule has 0 fully saturated rings. The topological polar surface area (TPSA) is 67.8 Å². The standard InChI is InChI=1S/C28H31NO4/c30-28(31)29-27-21-23(16-17-26(27)25-14-6-2-7-15-25)13-10-20-32-18-8-3-9-19-33-22-24-11-4-1-5-12-24/h1-2,4-7,10-17,21,29H,3,8-9,18-20,22H2,(H,30,31). The van der Waals surface area contributed by atoms with Gasteiger partial charge < -0.3 is 14.6 Å². The number of carboxylic acid groups (broad SMARTS) is 1. The van der Waals surface area contributed by atoms with E-state index in [0.29, 0.717) is 25.5 Å². The number of amides is 1. The summed E-state index contributed by atoms with van der Waals surface area (Å²) in [5.41, 5.74) is 4.49. The quantitative estimate of drug-likeness (QED) is 0.282. The molecule has 0 radical (unpaired) electrons. The van der Waals surface area contributed by atoms with Crippen LogP contribution in [-0.2, 0) is 16.1 Å². The second-order valence-electron chi connectivity index (χ2n) is 7.68. The molecular weight excluding hydrogens is 414 g/mol. The fourth-order valence-corrected chi connectivity index (χ4v) is 3.44. The Balaban J connectivity index is 1.34. The molecule has 0 spiro atoms. The molecule has 0 unspecified atom stereocenters. The van der Waals surface area contributed by atoms with Crippen molar-refractivity contribution in [2.75, 3.05) is 25.1 Å². The van der Waals surface area contributed by atoms with E-state index in [4.69, 9.17) is 9.47 Å². The highest BCUT2D eigenvalue weighted by Gasteiger charge is 2.08. The Bertz CT molecular complexity index is 1000. The van der Waals surface area contributed by atoms with E-state index >= 15 is 0 Å². The van der Waals surface area contributed by atoms with E-state index in [0.717, 1.165) is 42.6 Å². The minimum atomic E-state index is -1.08. The van der Waals surface area contributed by atoms with E-state index in [2.05, 4.69) is 17.4 Å². The number of hydrogen-bond acceptors (Lipinski definition) is 3. The summed E-state index contributed by atoms with van der Waals surface area (Å²) in [7, 11) is 0. The zero-order chi connectivity index (χ0) is 23.1. The molecule has 0 aromatic heterocycles. The largest absolute Gasteiger partial charge is 0.465 e. The molecule has 0 bridgehead atoms. The summed E-state index contributed by atoms with van der Waals surface area (Å²) in [4.78, 5) is 11.2. The predicted molar refractivity (Wildman–Crippen MR) is 133 cm³/mol. The summed E-state index contributed by atoms with van der Waals surface area (Å²) in [6, 6.07) is 25.7. The van der Waals surface area contributed by atoms with Crippen molar-refractivity contribution in [2.45, 2.75) is 25.9 Å². The van der Waals surface area contributed by atoms with Crippen LogP contribution in [0.25, 0.3) is 17.2 Å².